The van der Waals surface area contributed by atoms with Gasteiger partial charge in [-0.2, -0.15) is 0 Å². The van der Waals surface area contributed by atoms with Gasteiger partial charge in [-0.05, 0) is 44.2 Å². The summed E-state index contributed by atoms with van der Waals surface area (Å²) in [7, 11) is 0. The van der Waals surface area contributed by atoms with Gasteiger partial charge in [0, 0.05) is 12.1 Å². The summed E-state index contributed by atoms with van der Waals surface area (Å²) in [5, 5.41) is 13.0. The van der Waals surface area contributed by atoms with Gasteiger partial charge in [0.05, 0.1) is 15.6 Å². The third kappa shape index (κ3) is 5.65. The Hall–Kier alpha value is -3.20. The molecule has 0 atom stereocenters. The Bertz CT molecular complexity index is 901. The van der Waals surface area contributed by atoms with Gasteiger partial charge in [-0.1, -0.05) is 11.6 Å². The predicted octanol–water partition coefficient (Wildman–Crippen LogP) is 3.73. The molecule has 0 spiro atoms. The molecule has 1 N–H and O–H groups in total. The molecule has 2 aromatic carbocycles. The highest BCUT2D eigenvalue weighted by Crippen LogP contribution is 2.26. The Morgan fingerprint density at radius 3 is 2.43 bits per heavy atom. The van der Waals surface area contributed by atoms with Gasteiger partial charge in [0.25, 0.3) is 11.6 Å². The molecule has 2 aromatic rings. The average molecular weight is 411 g/mol. The molecular weight excluding hydrogens is 395 g/mol. The highest BCUT2D eigenvalue weighted by atomic mass is 35.5. The molecule has 0 bridgehead atoms. The summed E-state index contributed by atoms with van der Waals surface area (Å²) < 4.78 is 23.3. The number of amides is 1. The number of carbonyl (C=O) groups is 2. The number of nitrogens with one attached hydrogen (secondary N) is 1. The number of carbonyl (C=O) groups excluding carboxylic acids is 2. The second-order valence-corrected chi connectivity index (χ2v) is 6.52. The maximum Gasteiger partial charge on any atom is 0.350 e. The van der Waals surface area contributed by atoms with Crippen LogP contribution in [0.1, 0.15) is 13.8 Å². The molecule has 1 amide bonds. The number of halogens is 2. The standard InChI is InChI=1S/C18H16ClFN2O6/c1-18(2,28-13-6-3-11(20)4-7-13)17(24)27-10-16(23)21-15-8-5-12(22(25)26)9-14(15)19/h3-9H,10H2,1-2H3,(H,21,23). The summed E-state index contributed by atoms with van der Waals surface area (Å²) in [6.45, 7) is 2.25. The van der Waals surface area contributed by atoms with E-state index in [2.05, 4.69) is 5.32 Å². The number of esters is 1. The first-order valence-corrected chi connectivity index (χ1v) is 8.32. The third-order valence-corrected chi connectivity index (χ3v) is 3.76. The zero-order chi connectivity index (χ0) is 20.9. The van der Waals surface area contributed by atoms with Crippen LogP contribution >= 0.6 is 11.6 Å². The Morgan fingerprint density at radius 1 is 1.21 bits per heavy atom. The van der Waals surface area contributed by atoms with Crippen molar-refractivity contribution in [2.45, 2.75) is 19.4 Å². The fourth-order valence-corrected chi connectivity index (χ4v) is 2.27. The number of anilines is 1. The molecule has 0 saturated carbocycles. The maximum atomic E-state index is 12.9. The zero-order valence-electron chi connectivity index (χ0n) is 14.9. The number of rotatable bonds is 7. The maximum absolute atomic E-state index is 12.9. The van der Waals surface area contributed by atoms with Crippen LogP contribution in [0.2, 0.25) is 5.02 Å². The van der Waals surface area contributed by atoms with Crippen molar-refractivity contribution in [3.63, 3.8) is 0 Å². The Kier molecular flexibility index (Phi) is 6.53. The predicted molar refractivity (Wildman–Crippen MR) is 98.8 cm³/mol. The van der Waals surface area contributed by atoms with Crippen LogP contribution in [0.15, 0.2) is 42.5 Å². The minimum absolute atomic E-state index is 0.0335. The fourth-order valence-electron chi connectivity index (χ4n) is 2.05. The number of ether oxygens (including phenoxy) is 2. The smallest absolute Gasteiger partial charge is 0.350 e. The summed E-state index contributed by atoms with van der Waals surface area (Å²) in [4.78, 5) is 34.2. The number of benzene rings is 2. The van der Waals surface area contributed by atoms with Gasteiger partial charge in [0.2, 0.25) is 0 Å². The average Bonchev–Trinajstić information content (AvgIpc) is 2.63. The number of hydrogen-bond acceptors (Lipinski definition) is 6. The van der Waals surface area contributed by atoms with Gasteiger partial charge in [-0.3, -0.25) is 14.9 Å². The van der Waals surface area contributed by atoms with E-state index in [-0.39, 0.29) is 22.1 Å². The summed E-state index contributed by atoms with van der Waals surface area (Å²) >= 11 is 5.88. The Balaban J connectivity index is 1.91. The summed E-state index contributed by atoms with van der Waals surface area (Å²) in [6, 6.07) is 8.59. The highest BCUT2D eigenvalue weighted by molar-refractivity contribution is 6.34. The topological polar surface area (TPSA) is 108 Å². The molecular formula is C18H16ClFN2O6. The quantitative estimate of drug-likeness (QED) is 0.423. The van der Waals surface area contributed by atoms with Crippen molar-refractivity contribution in [1.82, 2.24) is 0 Å². The molecule has 8 nitrogen and oxygen atoms in total. The molecule has 2 rings (SSSR count). The first-order chi connectivity index (χ1) is 13.1. The minimum Gasteiger partial charge on any atom is -0.476 e. The molecule has 0 fully saturated rings. The lowest BCUT2D eigenvalue weighted by Crippen LogP contribution is -2.41. The van der Waals surface area contributed by atoms with Gasteiger partial charge in [0.1, 0.15) is 11.6 Å². The third-order valence-electron chi connectivity index (χ3n) is 3.45. The molecule has 0 aromatic heterocycles. The lowest BCUT2D eigenvalue weighted by Gasteiger charge is -2.24. The largest absolute Gasteiger partial charge is 0.476 e. The molecule has 0 heterocycles. The Morgan fingerprint density at radius 2 is 1.86 bits per heavy atom. The van der Waals surface area contributed by atoms with Gasteiger partial charge in [0.15, 0.2) is 12.2 Å². The highest BCUT2D eigenvalue weighted by Gasteiger charge is 2.32. The van der Waals surface area contributed by atoms with Crippen LogP contribution in [-0.4, -0.2) is 29.0 Å². The van der Waals surface area contributed by atoms with Gasteiger partial charge in [-0.25, -0.2) is 9.18 Å². The van der Waals surface area contributed by atoms with Crippen LogP contribution < -0.4 is 10.1 Å². The second-order valence-electron chi connectivity index (χ2n) is 6.11. The van der Waals surface area contributed by atoms with Crippen molar-refractivity contribution in [1.29, 1.82) is 0 Å². The zero-order valence-corrected chi connectivity index (χ0v) is 15.7. The van der Waals surface area contributed by atoms with E-state index in [4.69, 9.17) is 21.1 Å². The minimum atomic E-state index is -1.43. The van der Waals surface area contributed by atoms with E-state index >= 15 is 0 Å². The van der Waals surface area contributed by atoms with Crippen molar-refractivity contribution >= 4 is 34.9 Å². The van der Waals surface area contributed by atoms with Crippen molar-refractivity contribution in [2.24, 2.45) is 0 Å². The van der Waals surface area contributed by atoms with Crippen molar-refractivity contribution in [2.75, 3.05) is 11.9 Å². The molecule has 148 valence electrons. The van der Waals surface area contributed by atoms with Crippen LogP contribution in [0.5, 0.6) is 5.75 Å². The Labute approximate surface area is 164 Å². The number of nitro groups is 1. The molecule has 0 unspecified atom stereocenters. The molecule has 28 heavy (non-hydrogen) atoms. The lowest BCUT2D eigenvalue weighted by atomic mass is 10.1. The fraction of sp³-hybridized carbons (Fsp3) is 0.222. The van der Waals surface area contributed by atoms with Crippen molar-refractivity contribution in [3.05, 3.63) is 63.4 Å². The number of nitro benzene ring substituents is 1. The number of nitrogens with zero attached hydrogens (tertiary/aromatic N) is 1. The number of non-ortho nitro benzene ring substituents is 1. The van der Waals surface area contributed by atoms with E-state index < -0.39 is 34.8 Å². The van der Waals surface area contributed by atoms with Crippen LogP contribution in [0, 0.1) is 15.9 Å². The molecule has 0 saturated heterocycles. The van der Waals surface area contributed by atoms with Crippen molar-refractivity contribution in [3.8, 4) is 5.75 Å². The molecule has 0 radical (unpaired) electrons. The molecule has 0 aliphatic heterocycles. The second kappa shape index (κ2) is 8.66. The normalized spacial score (nSPS) is 10.9. The summed E-state index contributed by atoms with van der Waals surface area (Å²) in [6.07, 6.45) is 0. The van der Waals surface area contributed by atoms with Crippen LogP contribution in [-0.2, 0) is 14.3 Å². The lowest BCUT2D eigenvalue weighted by molar-refractivity contribution is -0.384. The van der Waals surface area contributed by atoms with Crippen molar-refractivity contribution < 1.29 is 28.4 Å². The summed E-state index contributed by atoms with van der Waals surface area (Å²) in [5.41, 5.74) is -1.52. The monoisotopic (exact) mass is 410 g/mol. The van der Waals surface area contributed by atoms with E-state index in [9.17, 15) is 24.1 Å². The molecule has 0 aliphatic rings. The first kappa shape index (κ1) is 21.1. The first-order valence-electron chi connectivity index (χ1n) is 7.94. The van der Waals surface area contributed by atoms with E-state index in [1.807, 2.05) is 0 Å². The van der Waals surface area contributed by atoms with E-state index in [1.165, 1.54) is 50.2 Å². The van der Waals surface area contributed by atoms with Crippen LogP contribution in [0.4, 0.5) is 15.8 Å². The summed E-state index contributed by atoms with van der Waals surface area (Å²) in [5.74, 6) is -1.71. The van der Waals surface area contributed by atoms with E-state index in [1.54, 1.807) is 0 Å². The van der Waals surface area contributed by atoms with Gasteiger partial charge >= 0.3 is 5.97 Å². The van der Waals surface area contributed by atoms with Crippen LogP contribution in [0.25, 0.3) is 0 Å². The van der Waals surface area contributed by atoms with Crippen LogP contribution in [0.3, 0.4) is 0 Å². The van der Waals surface area contributed by atoms with Gasteiger partial charge < -0.3 is 14.8 Å². The molecule has 0 aliphatic carbocycles. The van der Waals surface area contributed by atoms with E-state index in [0.717, 1.165) is 6.07 Å². The molecule has 10 heteroatoms. The number of hydrogen-bond donors (Lipinski definition) is 1. The van der Waals surface area contributed by atoms with Gasteiger partial charge in [-0.15, -0.1) is 0 Å². The van der Waals surface area contributed by atoms with E-state index in [0.29, 0.717) is 0 Å². The SMILES string of the molecule is CC(C)(Oc1ccc(F)cc1)C(=O)OCC(=O)Nc1ccc([N+](=O)[O-])cc1Cl.